The van der Waals surface area contributed by atoms with E-state index >= 15 is 0 Å². The van der Waals surface area contributed by atoms with Gasteiger partial charge in [0.2, 0.25) is 15.9 Å². The number of nitrogens with two attached hydrogens (primary N) is 1. The lowest BCUT2D eigenvalue weighted by atomic mass is 10.1. The first kappa shape index (κ1) is 14.5. The lowest BCUT2D eigenvalue weighted by Crippen LogP contribution is -2.45. The molecular weight excluding hydrogens is 252 g/mol. The van der Waals surface area contributed by atoms with Gasteiger partial charge in [-0.1, -0.05) is 19.1 Å². The molecule has 1 rings (SSSR count). The van der Waals surface area contributed by atoms with Crippen molar-refractivity contribution in [1.29, 1.82) is 0 Å². The zero-order valence-electron chi connectivity index (χ0n) is 10.8. The van der Waals surface area contributed by atoms with E-state index < -0.39 is 22.0 Å². The second kappa shape index (κ2) is 5.39. The van der Waals surface area contributed by atoms with Crippen molar-refractivity contribution in [2.45, 2.75) is 26.3 Å². The molecule has 0 aliphatic carbocycles. The third-order valence-electron chi connectivity index (χ3n) is 2.72. The van der Waals surface area contributed by atoms with Crippen molar-refractivity contribution in [3.05, 3.63) is 29.8 Å². The number of aryl methyl sites for hydroxylation is 1. The molecule has 0 aromatic heterocycles. The molecule has 0 aliphatic rings. The molecule has 0 heterocycles. The van der Waals surface area contributed by atoms with E-state index in [2.05, 4.69) is 0 Å². The maximum atomic E-state index is 11.8. The first-order valence-electron chi connectivity index (χ1n) is 5.65. The summed E-state index contributed by atoms with van der Waals surface area (Å²) in [7, 11) is -3.55. The molecule has 0 saturated heterocycles. The lowest BCUT2D eigenvalue weighted by molar-refractivity contribution is -0.118. The fourth-order valence-corrected chi connectivity index (χ4v) is 2.88. The van der Waals surface area contributed by atoms with E-state index in [0.717, 1.165) is 22.5 Å². The molecule has 100 valence electrons. The van der Waals surface area contributed by atoms with Crippen molar-refractivity contribution < 1.29 is 13.2 Å². The summed E-state index contributed by atoms with van der Waals surface area (Å²) >= 11 is 0. The highest BCUT2D eigenvalue weighted by Crippen LogP contribution is 2.21. The largest absolute Gasteiger partial charge is 0.368 e. The van der Waals surface area contributed by atoms with Gasteiger partial charge in [0, 0.05) is 0 Å². The number of primary amides is 1. The van der Waals surface area contributed by atoms with Gasteiger partial charge in [0.15, 0.2) is 0 Å². The van der Waals surface area contributed by atoms with Crippen LogP contribution >= 0.6 is 0 Å². The topological polar surface area (TPSA) is 80.5 Å². The van der Waals surface area contributed by atoms with Crippen molar-refractivity contribution >= 4 is 21.6 Å². The third kappa shape index (κ3) is 3.22. The Morgan fingerprint density at radius 1 is 1.33 bits per heavy atom. The minimum atomic E-state index is -3.55. The van der Waals surface area contributed by atoms with Crippen LogP contribution in [-0.2, 0) is 21.2 Å². The fraction of sp³-hybridized carbons (Fsp3) is 0.417. The normalized spacial score (nSPS) is 13.1. The van der Waals surface area contributed by atoms with E-state index in [1.807, 2.05) is 19.1 Å². The Hall–Kier alpha value is -1.56. The zero-order valence-corrected chi connectivity index (χ0v) is 11.6. The molecule has 2 N–H and O–H groups in total. The maximum Gasteiger partial charge on any atom is 0.241 e. The van der Waals surface area contributed by atoms with Crippen molar-refractivity contribution in [3.63, 3.8) is 0 Å². The van der Waals surface area contributed by atoms with Gasteiger partial charge in [-0.15, -0.1) is 0 Å². The van der Waals surface area contributed by atoms with Crippen LogP contribution in [-0.4, -0.2) is 26.6 Å². The van der Waals surface area contributed by atoms with E-state index in [9.17, 15) is 13.2 Å². The molecule has 1 amide bonds. The van der Waals surface area contributed by atoms with Crippen LogP contribution in [0.5, 0.6) is 0 Å². The highest BCUT2D eigenvalue weighted by atomic mass is 32.2. The molecular formula is C12H18N2O3S. The molecule has 0 bridgehead atoms. The van der Waals surface area contributed by atoms with Crippen LogP contribution in [0.25, 0.3) is 0 Å². The van der Waals surface area contributed by atoms with Crippen LogP contribution in [0, 0.1) is 0 Å². The highest BCUT2D eigenvalue weighted by molar-refractivity contribution is 7.92. The van der Waals surface area contributed by atoms with Crippen molar-refractivity contribution in [2.24, 2.45) is 5.73 Å². The van der Waals surface area contributed by atoms with Gasteiger partial charge in [0.05, 0.1) is 11.9 Å². The van der Waals surface area contributed by atoms with E-state index in [4.69, 9.17) is 5.73 Å². The first-order chi connectivity index (χ1) is 8.27. The number of nitrogens with zero attached hydrogens (tertiary/aromatic N) is 1. The van der Waals surface area contributed by atoms with Crippen LogP contribution in [0.15, 0.2) is 24.3 Å². The summed E-state index contributed by atoms with van der Waals surface area (Å²) in [5.41, 5.74) is 6.72. The summed E-state index contributed by atoms with van der Waals surface area (Å²) in [4.78, 5) is 11.2. The minimum absolute atomic E-state index is 0.445. The second-order valence-electron chi connectivity index (χ2n) is 4.16. The number of sulfonamides is 1. The molecule has 0 aliphatic heterocycles. The van der Waals surface area contributed by atoms with E-state index in [0.29, 0.717) is 5.69 Å². The van der Waals surface area contributed by atoms with Crippen LogP contribution in [0.2, 0.25) is 0 Å². The number of amides is 1. The summed E-state index contributed by atoms with van der Waals surface area (Å²) in [6.45, 7) is 3.48. The fourth-order valence-electron chi connectivity index (χ4n) is 1.70. The summed E-state index contributed by atoms with van der Waals surface area (Å²) in [5.74, 6) is -0.681. The Balaban J connectivity index is 3.22. The summed E-state index contributed by atoms with van der Waals surface area (Å²) < 4.78 is 24.5. The van der Waals surface area contributed by atoms with Crippen LogP contribution in [0.1, 0.15) is 19.4 Å². The maximum absolute atomic E-state index is 11.8. The Kier molecular flexibility index (Phi) is 4.34. The van der Waals surface area contributed by atoms with Crippen LogP contribution in [0.3, 0.4) is 0 Å². The Labute approximate surface area is 108 Å². The molecule has 0 fully saturated rings. The number of rotatable bonds is 5. The number of carbonyl (C=O) groups is 1. The number of carbonyl (C=O) groups excluding carboxylic acids is 1. The van der Waals surface area contributed by atoms with E-state index in [1.54, 1.807) is 12.1 Å². The molecule has 18 heavy (non-hydrogen) atoms. The van der Waals surface area contributed by atoms with Gasteiger partial charge in [-0.2, -0.15) is 0 Å². The smallest absolute Gasteiger partial charge is 0.241 e. The van der Waals surface area contributed by atoms with Gasteiger partial charge in [-0.05, 0) is 31.0 Å². The average molecular weight is 270 g/mol. The van der Waals surface area contributed by atoms with Gasteiger partial charge in [0.1, 0.15) is 6.04 Å². The predicted molar refractivity (Wildman–Crippen MR) is 71.8 cm³/mol. The molecule has 0 unspecified atom stereocenters. The molecule has 5 nitrogen and oxygen atoms in total. The number of hydrogen-bond acceptors (Lipinski definition) is 3. The average Bonchev–Trinajstić information content (AvgIpc) is 2.28. The predicted octanol–water partition coefficient (Wildman–Crippen LogP) is 0.889. The van der Waals surface area contributed by atoms with Crippen molar-refractivity contribution in [2.75, 3.05) is 10.6 Å². The molecule has 0 spiro atoms. The molecule has 0 saturated carbocycles. The summed E-state index contributed by atoms with van der Waals surface area (Å²) in [6.07, 6.45) is 1.92. The second-order valence-corrected chi connectivity index (χ2v) is 6.02. The highest BCUT2D eigenvalue weighted by Gasteiger charge is 2.27. The molecule has 1 atom stereocenters. The quantitative estimate of drug-likeness (QED) is 0.862. The molecule has 1 aromatic rings. The number of benzene rings is 1. The number of anilines is 1. The van der Waals surface area contributed by atoms with Gasteiger partial charge in [-0.25, -0.2) is 8.42 Å². The standard InChI is InChI=1S/C12H18N2O3S/c1-4-10-5-7-11(8-6-10)14(18(3,16)17)9(2)12(13)15/h5-9H,4H2,1-3H3,(H2,13,15)/t9-/m1/s1. The van der Waals surface area contributed by atoms with Crippen LogP contribution in [0.4, 0.5) is 5.69 Å². The van der Waals surface area contributed by atoms with Gasteiger partial charge in [0.25, 0.3) is 0 Å². The van der Waals surface area contributed by atoms with E-state index in [-0.39, 0.29) is 0 Å². The molecule has 6 heteroatoms. The summed E-state index contributed by atoms with van der Waals surface area (Å²) in [6, 6.07) is 6.12. The van der Waals surface area contributed by atoms with Crippen LogP contribution < -0.4 is 10.0 Å². The summed E-state index contributed by atoms with van der Waals surface area (Å²) in [5, 5.41) is 0. The Morgan fingerprint density at radius 2 is 1.83 bits per heavy atom. The zero-order chi connectivity index (χ0) is 13.9. The van der Waals surface area contributed by atoms with Crippen molar-refractivity contribution in [3.8, 4) is 0 Å². The third-order valence-corrected chi connectivity index (χ3v) is 3.96. The van der Waals surface area contributed by atoms with Crippen molar-refractivity contribution in [1.82, 2.24) is 0 Å². The minimum Gasteiger partial charge on any atom is -0.368 e. The number of hydrogen-bond donors (Lipinski definition) is 1. The van der Waals surface area contributed by atoms with Gasteiger partial charge >= 0.3 is 0 Å². The first-order valence-corrected chi connectivity index (χ1v) is 7.50. The lowest BCUT2D eigenvalue weighted by Gasteiger charge is -2.26. The molecule has 1 aromatic carbocycles. The SMILES string of the molecule is CCc1ccc(N([C@H](C)C(N)=O)S(C)(=O)=O)cc1. The Bertz CT molecular complexity index is 523. The Morgan fingerprint density at radius 3 is 2.17 bits per heavy atom. The monoisotopic (exact) mass is 270 g/mol. The molecule has 0 radical (unpaired) electrons. The van der Waals surface area contributed by atoms with E-state index in [1.165, 1.54) is 6.92 Å². The van der Waals surface area contributed by atoms with Gasteiger partial charge < -0.3 is 5.73 Å². The van der Waals surface area contributed by atoms with Gasteiger partial charge in [-0.3, -0.25) is 9.10 Å².